The third-order valence-electron chi connectivity index (χ3n) is 2.29. The van der Waals surface area contributed by atoms with Crippen molar-refractivity contribution < 1.29 is 0 Å². The molecule has 1 aromatic carbocycles. The molecule has 0 unspecified atom stereocenters. The van der Waals surface area contributed by atoms with E-state index in [-0.39, 0.29) is 12.4 Å². The molecule has 0 N–H and O–H groups in total. The second-order valence-electron chi connectivity index (χ2n) is 3.36. The molecule has 3 rings (SSSR count). The number of fused-ring (bicyclic) bond motifs is 1. The van der Waals surface area contributed by atoms with Gasteiger partial charge in [-0.1, -0.05) is 11.6 Å². The maximum absolute atomic E-state index is 5.97. The number of hydrogen-bond donors (Lipinski definition) is 0. The summed E-state index contributed by atoms with van der Waals surface area (Å²) in [5.74, 6) is 0. The Morgan fingerprint density at radius 2 is 2.24 bits per heavy atom. The number of hydrogen-bond acceptors (Lipinski definition) is 4. The molecule has 3 aromatic rings. The van der Waals surface area contributed by atoms with Gasteiger partial charge in [-0.3, -0.25) is 0 Å². The molecule has 0 bridgehead atoms. The highest BCUT2D eigenvalue weighted by Crippen LogP contribution is 2.26. The molecule has 0 aliphatic carbocycles. The minimum atomic E-state index is 0. The van der Waals surface area contributed by atoms with Crippen molar-refractivity contribution >= 4 is 45.6 Å². The third kappa shape index (κ3) is 2.41. The smallest absolute Gasteiger partial charge is 0.137 e. The van der Waals surface area contributed by atoms with Crippen molar-refractivity contribution in [2.24, 2.45) is 0 Å². The standard InChI is InChI=1S/C10H7ClN4S.ClH/c11-7-1-2-10-8(3-7)9(14-16-10)4-15-6-12-5-13-15;/h1-3,5-6H,4H2;1H. The van der Waals surface area contributed by atoms with Crippen LogP contribution in [0.3, 0.4) is 0 Å². The van der Waals surface area contributed by atoms with Crippen LogP contribution in [-0.2, 0) is 6.54 Å². The molecule has 0 aliphatic heterocycles. The molecule has 2 aromatic heterocycles. The zero-order valence-corrected chi connectivity index (χ0v) is 11.0. The van der Waals surface area contributed by atoms with Crippen molar-refractivity contribution in [3.63, 3.8) is 0 Å². The SMILES string of the molecule is Cl.Clc1ccc2snc(Cn3cncn3)c2c1. The van der Waals surface area contributed by atoms with Gasteiger partial charge in [-0.15, -0.1) is 12.4 Å². The van der Waals surface area contributed by atoms with Gasteiger partial charge < -0.3 is 0 Å². The van der Waals surface area contributed by atoms with Crippen molar-refractivity contribution in [1.29, 1.82) is 0 Å². The fourth-order valence-electron chi connectivity index (χ4n) is 1.54. The van der Waals surface area contributed by atoms with Crippen LogP contribution in [0.15, 0.2) is 30.9 Å². The minimum absolute atomic E-state index is 0. The van der Waals surface area contributed by atoms with E-state index in [0.29, 0.717) is 6.54 Å². The average Bonchev–Trinajstić information content (AvgIpc) is 2.90. The van der Waals surface area contributed by atoms with Crippen LogP contribution in [0.1, 0.15) is 5.69 Å². The number of benzene rings is 1. The molecule has 0 radical (unpaired) electrons. The Labute approximate surface area is 113 Å². The predicted octanol–water partition coefficient (Wildman–Crippen LogP) is 3.01. The highest BCUT2D eigenvalue weighted by atomic mass is 35.5. The van der Waals surface area contributed by atoms with Gasteiger partial charge in [0.1, 0.15) is 12.7 Å². The molecule has 0 spiro atoms. The molecule has 0 aliphatic rings. The van der Waals surface area contributed by atoms with Crippen LogP contribution in [0.5, 0.6) is 0 Å². The summed E-state index contributed by atoms with van der Waals surface area (Å²) < 4.78 is 7.29. The fourth-order valence-corrected chi connectivity index (χ4v) is 2.48. The molecule has 0 saturated carbocycles. The first-order valence-electron chi connectivity index (χ1n) is 4.69. The Morgan fingerprint density at radius 3 is 3.00 bits per heavy atom. The Morgan fingerprint density at radius 1 is 1.35 bits per heavy atom. The van der Waals surface area contributed by atoms with Gasteiger partial charge in [0.2, 0.25) is 0 Å². The summed E-state index contributed by atoms with van der Waals surface area (Å²) in [5.41, 5.74) is 0.980. The van der Waals surface area contributed by atoms with Gasteiger partial charge in [0, 0.05) is 10.4 Å². The predicted molar refractivity (Wildman–Crippen MR) is 71.0 cm³/mol. The molecule has 0 fully saturated rings. The lowest BCUT2D eigenvalue weighted by molar-refractivity contribution is 0.679. The second-order valence-corrected chi connectivity index (χ2v) is 4.60. The van der Waals surface area contributed by atoms with Crippen molar-refractivity contribution in [1.82, 2.24) is 19.1 Å². The summed E-state index contributed by atoms with van der Waals surface area (Å²) in [6.07, 6.45) is 3.19. The van der Waals surface area contributed by atoms with E-state index >= 15 is 0 Å². The first-order chi connectivity index (χ1) is 7.83. The van der Waals surface area contributed by atoms with E-state index in [0.717, 1.165) is 20.8 Å². The number of aromatic nitrogens is 4. The maximum atomic E-state index is 5.97. The van der Waals surface area contributed by atoms with E-state index < -0.39 is 0 Å². The quantitative estimate of drug-likeness (QED) is 0.727. The molecule has 0 saturated heterocycles. The van der Waals surface area contributed by atoms with E-state index in [2.05, 4.69) is 14.5 Å². The molecule has 17 heavy (non-hydrogen) atoms. The lowest BCUT2D eigenvalue weighted by Gasteiger charge is -1.97. The van der Waals surface area contributed by atoms with Gasteiger partial charge in [0.15, 0.2) is 0 Å². The summed E-state index contributed by atoms with van der Waals surface area (Å²) in [6.45, 7) is 0.625. The Bertz CT molecular complexity index is 620. The molecular weight excluding hydrogens is 279 g/mol. The van der Waals surface area contributed by atoms with Gasteiger partial charge in [-0.05, 0) is 29.7 Å². The zero-order valence-electron chi connectivity index (χ0n) is 8.58. The average molecular weight is 287 g/mol. The van der Waals surface area contributed by atoms with Crippen LogP contribution >= 0.6 is 35.5 Å². The molecular formula is C10H8Cl2N4S. The fraction of sp³-hybridized carbons (Fsp3) is 0.100. The molecule has 7 heteroatoms. The normalized spacial score (nSPS) is 10.4. The topological polar surface area (TPSA) is 43.6 Å². The van der Waals surface area contributed by atoms with E-state index in [9.17, 15) is 0 Å². The van der Waals surface area contributed by atoms with Crippen LogP contribution in [0.4, 0.5) is 0 Å². The molecule has 88 valence electrons. The summed E-state index contributed by atoms with van der Waals surface area (Å²) in [4.78, 5) is 3.90. The van der Waals surface area contributed by atoms with Crippen molar-refractivity contribution in [3.05, 3.63) is 41.6 Å². The van der Waals surface area contributed by atoms with Crippen molar-refractivity contribution in [2.75, 3.05) is 0 Å². The summed E-state index contributed by atoms with van der Waals surface area (Å²) >= 11 is 7.45. The minimum Gasteiger partial charge on any atom is -0.247 e. The monoisotopic (exact) mass is 286 g/mol. The van der Waals surface area contributed by atoms with Crippen molar-refractivity contribution in [2.45, 2.75) is 6.54 Å². The molecule has 2 heterocycles. The van der Waals surface area contributed by atoms with E-state index in [4.69, 9.17) is 11.6 Å². The Hall–Kier alpha value is -1.17. The van der Waals surface area contributed by atoms with Crippen LogP contribution < -0.4 is 0 Å². The Kier molecular flexibility index (Phi) is 3.61. The van der Waals surface area contributed by atoms with Gasteiger partial charge in [-0.25, -0.2) is 9.67 Å². The summed E-state index contributed by atoms with van der Waals surface area (Å²) in [6, 6.07) is 5.80. The molecule has 0 atom stereocenters. The van der Waals surface area contributed by atoms with Crippen LogP contribution in [0, 0.1) is 0 Å². The van der Waals surface area contributed by atoms with Crippen LogP contribution in [0.25, 0.3) is 10.1 Å². The van der Waals surface area contributed by atoms with E-state index in [1.54, 1.807) is 11.0 Å². The summed E-state index contributed by atoms with van der Waals surface area (Å²) in [7, 11) is 0. The highest BCUT2D eigenvalue weighted by molar-refractivity contribution is 7.13. The zero-order chi connectivity index (χ0) is 11.0. The second kappa shape index (κ2) is 5.00. The Balaban J connectivity index is 0.00000108. The maximum Gasteiger partial charge on any atom is 0.137 e. The third-order valence-corrected chi connectivity index (χ3v) is 3.38. The molecule has 0 amide bonds. The van der Waals surface area contributed by atoms with Gasteiger partial charge in [0.05, 0.1) is 16.9 Å². The molecule has 4 nitrogen and oxygen atoms in total. The number of nitrogens with zero attached hydrogens (tertiary/aromatic N) is 4. The lowest BCUT2D eigenvalue weighted by Crippen LogP contribution is -2.00. The lowest BCUT2D eigenvalue weighted by atomic mass is 10.2. The summed E-state index contributed by atoms with van der Waals surface area (Å²) in [5, 5.41) is 5.88. The van der Waals surface area contributed by atoms with Gasteiger partial charge in [0.25, 0.3) is 0 Å². The first kappa shape index (κ1) is 12.3. The van der Waals surface area contributed by atoms with E-state index in [1.165, 1.54) is 17.9 Å². The van der Waals surface area contributed by atoms with Crippen molar-refractivity contribution in [3.8, 4) is 0 Å². The van der Waals surface area contributed by atoms with Crippen LogP contribution in [-0.4, -0.2) is 19.1 Å². The largest absolute Gasteiger partial charge is 0.247 e. The highest BCUT2D eigenvalue weighted by Gasteiger charge is 2.07. The van der Waals surface area contributed by atoms with Gasteiger partial charge >= 0.3 is 0 Å². The number of halogens is 2. The first-order valence-corrected chi connectivity index (χ1v) is 5.84. The van der Waals surface area contributed by atoms with E-state index in [1.807, 2.05) is 18.2 Å². The van der Waals surface area contributed by atoms with Crippen LogP contribution in [0.2, 0.25) is 5.02 Å². The number of rotatable bonds is 2. The van der Waals surface area contributed by atoms with Gasteiger partial charge in [-0.2, -0.15) is 9.47 Å².